The van der Waals surface area contributed by atoms with Crippen LogP contribution < -0.4 is 19.6 Å². The van der Waals surface area contributed by atoms with Crippen LogP contribution in [-0.2, 0) is 0 Å². The van der Waals surface area contributed by atoms with Gasteiger partial charge in [-0.15, -0.1) is 0 Å². The molecule has 0 saturated heterocycles. The summed E-state index contributed by atoms with van der Waals surface area (Å²) in [6, 6.07) is 22.0. The number of ether oxygens (including phenoxy) is 3. The van der Waals surface area contributed by atoms with E-state index < -0.39 is 0 Å². The highest BCUT2D eigenvalue weighted by Crippen LogP contribution is 2.39. The highest BCUT2D eigenvalue weighted by atomic mass is 16.5. The molecule has 4 aromatic carbocycles. The summed E-state index contributed by atoms with van der Waals surface area (Å²) in [7, 11) is 0. The molecule has 0 saturated carbocycles. The first kappa shape index (κ1) is 28.9. The first-order chi connectivity index (χ1) is 19.7. The van der Waals surface area contributed by atoms with Crippen molar-refractivity contribution in [2.24, 2.45) is 5.10 Å². The number of amides is 1. The summed E-state index contributed by atoms with van der Waals surface area (Å²) in [4.78, 5) is 13.3. The van der Waals surface area contributed by atoms with Gasteiger partial charge in [0.1, 0.15) is 0 Å². The van der Waals surface area contributed by atoms with Crippen LogP contribution in [0, 0.1) is 0 Å². The van der Waals surface area contributed by atoms with Gasteiger partial charge in [0.05, 0.1) is 26.0 Å². The van der Waals surface area contributed by atoms with E-state index in [2.05, 4.69) is 61.6 Å². The predicted molar refractivity (Wildman–Crippen MR) is 164 cm³/mol. The minimum absolute atomic E-state index is 0.346. The van der Waals surface area contributed by atoms with Gasteiger partial charge in [0, 0.05) is 11.1 Å². The van der Waals surface area contributed by atoms with Crippen molar-refractivity contribution < 1.29 is 19.0 Å². The number of hydrazone groups is 1. The van der Waals surface area contributed by atoms with Gasteiger partial charge in [-0.2, -0.15) is 5.10 Å². The molecule has 0 fully saturated rings. The number of carbonyl (C=O) groups excluding carboxylic acids is 1. The molecule has 210 valence electrons. The molecule has 4 rings (SSSR count). The van der Waals surface area contributed by atoms with E-state index in [0.717, 1.165) is 65.6 Å². The monoisotopic (exact) mass is 540 g/mol. The average molecular weight is 541 g/mol. The highest BCUT2D eigenvalue weighted by Gasteiger charge is 2.19. The smallest absolute Gasteiger partial charge is 0.271 e. The summed E-state index contributed by atoms with van der Waals surface area (Å²) in [5.41, 5.74) is 4.08. The van der Waals surface area contributed by atoms with Crippen LogP contribution in [-0.4, -0.2) is 31.9 Å². The molecule has 0 radical (unpaired) electrons. The van der Waals surface area contributed by atoms with Crippen molar-refractivity contribution in [2.45, 2.75) is 59.3 Å². The second-order valence-electron chi connectivity index (χ2n) is 9.84. The third kappa shape index (κ3) is 7.32. The Hall–Kier alpha value is -4.06. The number of hydrogen-bond donors (Lipinski definition) is 1. The van der Waals surface area contributed by atoms with Gasteiger partial charge in [-0.1, -0.05) is 88.6 Å². The van der Waals surface area contributed by atoms with Gasteiger partial charge in [-0.3, -0.25) is 4.79 Å². The summed E-state index contributed by atoms with van der Waals surface area (Å²) in [5, 5.41) is 8.77. The van der Waals surface area contributed by atoms with Gasteiger partial charge in [0.25, 0.3) is 5.91 Å². The van der Waals surface area contributed by atoms with Crippen LogP contribution in [0.2, 0.25) is 0 Å². The van der Waals surface area contributed by atoms with E-state index >= 15 is 0 Å². The Labute approximate surface area is 237 Å². The molecule has 0 aliphatic heterocycles. The van der Waals surface area contributed by atoms with Crippen molar-refractivity contribution >= 4 is 33.7 Å². The Balaban J connectivity index is 1.63. The van der Waals surface area contributed by atoms with E-state index in [9.17, 15) is 4.79 Å². The van der Waals surface area contributed by atoms with Crippen LogP contribution in [0.25, 0.3) is 21.5 Å². The summed E-state index contributed by atoms with van der Waals surface area (Å²) >= 11 is 0. The second-order valence-corrected chi connectivity index (χ2v) is 9.84. The highest BCUT2D eigenvalue weighted by molar-refractivity contribution is 6.13. The van der Waals surface area contributed by atoms with Crippen LogP contribution in [0.15, 0.2) is 71.8 Å². The fourth-order valence-corrected chi connectivity index (χ4v) is 4.44. The van der Waals surface area contributed by atoms with Crippen molar-refractivity contribution in [3.8, 4) is 17.2 Å². The van der Waals surface area contributed by atoms with Gasteiger partial charge >= 0.3 is 0 Å². The van der Waals surface area contributed by atoms with Gasteiger partial charge in [-0.25, -0.2) is 5.43 Å². The van der Waals surface area contributed by atoms with Crippen molar-refractivity contribution in [2.75, 3.05) is 19.8 Å². The summed E-state index contributed by atoms with van der Waals surface area (Å²) in [5.74, 6) is 1.25. The minimum Gasteiger partial charge on any atom is -0.490 e. The quantitative estimate of drug-likeness (QED) is 0.0713. The van der Waals surface area contributed by atoms with Gasteiger partial charge in [-0.05, 0) is 59.0 Å². The van der Waals surface area contributed by atoms with Crippen LogP contribution in [0.1, 0.15) is 75.2 Å². The molecule has 0 aliphatic rings. The number of nitrogens with one attached hydrogen (secondary N) is 1. The molecule has 6 nitrogen and oxygen atoms in total. The lowest BCUT2D eigenvalue weighted by Crippen LogP contribution is -2.18. The topological polar surface area (TPSA) is 69.2 Å². The first-order valence-corrected chi connectivity index (χ1v) is 14.5. The number of unbranched alkanes of at least 4 members (excludes halogenated alkanes) is 3. The molecule has 0 bridgehead atoms. The fraction of sp³-hybridized carbons (Fsp3) is 0.353. The number of nitrogens with zero attached hydrogens (tertiary/aromatic N) is 1. The summed E-state index contributed by atoms with van der Waals surface area (Å²) in [6.07, 6.45) is 7.47. The van der Waals surface area contributed by atoms with Crippen molar-refractivity contribution in [3.05, 3.63) is 77.9 Å². The zero-order valence-electron chi connectivity index (χ0n) is 23.9. The SMILES string of the molecule is CCCCOc1cc(C(=O)N/N=C/c2c3ccccc3cc3ccccc23)cc(OCCCC)c1OCCCC. The lowest BCUT2D eigenvalue weighted by Gasteiger charge is -2.18. The van der Waals surface area contributed by atoms with E-state index in [1.165, 1.54) is 0 Å². The lowest BCUT2D eigenvalue weighted by atomic mass is 9.97. The van der Waals surface area contributed by atoms with E-state index in [0.29, 0.717) is 42.6 Å². The molecule has 6 heteroatoms. The predicted octanol–water partition coefficient (Wildman–Crippen LogP) is 8.29. The maximum Gasteiger partial charge on any atom is 0.271 e. The molecular weight excluding hydrogens is 500 g/mol. The number of hydrogen-bond acceptors (Lipinski definition) is 5. The fourth-order valence-electron chi connectivity index (χ4n) is 4.44. The lowest BCUT2D eigenvalue weighted by molar-refractivity contribution is 0.0954. The Morgan fingerprint density at radius 1 is 0.725 bits per heavy atom. The normalized spacial score (nSPS) is 11.3. The summed E-state index contributed by atoms with van der Waals surface area (Å²) < 4.78 is 18.3. The number of benzene rings is 4. The molecule has 0 aromatic heterocycles. The first-order valence-electron chi connectivity index (χ1n) is 14.5. The van der Waals surface area contributed by atoms with E-state index in [-0.39, 0.29) is 5.91 Å². The summed E-state index contributed by atoms with van der Waals surface area (Å²) in [6.45, 7) is 7.97. The van der Waals surface area contributed by atoms with Crippen LogP contribution in [0.3, 0.4) is 0 Å². The number of fused-ring (bicyclic) bond motifs is 2. The van der Waals surface area contributed by atoms with E-state index in [1.807, 2.05) is 24.3 Å². The zero-order valence-corrected chi connectivity index (χ0v) is 23.9. The van der Waals surface area contributed by atoms with E-state index in [1.54, 1.807) is 18.3 Å². The van der Waals surface area contributed by atoms with Crippen molar-refractivity contribution in [1.29, 1.82) is 0 Å². The van der Waals surface area contributed by atoms with Crippen LogP contribution >= 0.6 is 0 Å². The second kappa shape index (κ2) is 14.9. The standard InChI is InChI=1S/C34H40N2O4/c1-4-7-18-38-31-22-27(23-32(39-19-8-5-2)33(31)40-20-9-6-3)34(37)36-35-24-30-28-16-12-10-14-25(28)21-26-15-11-13-17-29(26)30/h10-17,21-24H,4-9,18-20H2,1-3H3,(H,36,37)/b35-24+. The number of rotatable bonds is 15. The molecule has 0 heterocycles. The van der Waals surface area contributed by atoms with Gasteiger partial charge in [0.15, 0.2) is 11.5 Å². The molecule has 40 heavy (non-hydrogen) atoms. The third-order valence-electron chi connectivity index (χ3n) is 6.71. The molecule has 1 N–H and O–H groups in total. The van der Waals surface area contributed by atoms with E-state index in [4.69, 9.17) is 14.2 Å². The van der Waals surface area contributed by atoms with Gasteiger partial charge in [0.2, 0.25) is 5.75 Å². The van der Waals surface area contributed by atoms with Crippen LogP contribution in [0.4, 0.5) is 0 Å². The Bertz CT molecular complexity index is 1360. The Morgan fingerprint density at radius 2 is 1.23 bits per heavy atom. The zero-order chi connectivity index (χ0) is 28.2. The van der Waals surface area contributed by atoms with Crippen molar-refractivity contribution in [3.63, 3.8) is 0 Å². The Morgan fingerprint density at radius 3 is 1.75 bits per heavy atom. The largest absolute Gasteiger partial charge is 0.490 e. The van der Waals surface area contributed by atoms with Crippen molar-refractivity contribution in [1.82, 2.24) is 5.43 Å². The Kier molecular flexibility index (Phi) is 10.8. The number of carbonyl (C=O) groups is 1. The molecule has 0 aliphatic carbocycles. The maximum absolute atomic E-state index is 13.3. The maximum atomic E-state index is 13.3. The molecule has 0 spiro atoms. The van der Waals surface area contributed by atoms with Crippen LogP contribution in [0.5, 0.6) is 17.2 Å². The molecule has 0 unspecified atom stereocenters. The molecule has 4 aromatic rings. The third-order valence-corrected chi connectivity index (χ3v) is 6.71. The minimum atomic E-state index is -0.346. The molecular formula is C34H40N2O4. The average Bonchev–Trinajstić information content (AvgIpc) is 2.98. The molecule has 0 atom stereocenters. The van der Waals surface area contributed by atoms with Gasteiger partial charge < -0.3 is 14.2 Å². The molecule has 1 amide bonds.